The van der Waals surface area contributed by atoms with E-state index < -0.39 is 0 Å². The molecule has 0 aliphatic heterocycles. The number of amides is 1. The van der Waals surface area contributed by atoms with Crippen molar-refractivity contribution in [3.05, 3.63) is 41.9 Å². The number of rotatable bonds is 9. The van der Waals surface area contributed by atoms with E-state index >= 15 is 0 Å². The monoisotopic (exact) mass is 426 g/mol. The highest BCUT2D eigenvalue weighted by molar-refractivity contribution is 7.99. The van der Waals surface area contributed by atoms with Crippen molar-refractivity contribution in [3.63, 3.8) is 0 Å². The van der Waals surface area contributed by atoms with E-state index in [1.165, 1.54) is 54.8 Å². The zero-order valence-corrected chi connectivity index (χ0v) is 18.1. The first-order chi connectivity index (χ1) is 14.7. The van der Waals surface area contributed by atoms with Crippen LogP contribution < -0.4 is 11.2 Å². The average Bonchev–Trinajstić information content (AvgIpc) is 3.35. The normalized spacial score (nSPS) is 14.9. The number of carbonyl (C=O) groups excluding carboxylic acids is 1. The molecule has 1 amide bonds. The number of aromatic nitrogens is 4. The Morgan fingerprint density at radius 1 is 1.20 bits per heavy atom. The van der Waals surface area contributed by atoms with Gasteiger partial charge in [0.1, 0.15) is 0 Å². The molecule has 7 nitrogen and oxygen atoms in total. The van der Waals surface area contributed by atoms with Gasteiger partial charge in [-0.05, 0) is 30.4 Å². The van der Waals surface area contributed by atoms with Gasteiger partial charge in [0, 0.05) is 30.1 Å². The summed E-state index contributed by atoms with van der Waals surface area (Å²) in [6.07, 6.45) is 11.5. The number of aryl methyl sites for hydroxylation is 1. The molecular weight excluding hydrogens is 396 g/mol. The fraction of sp³-hybridized carbons (Fsp3) is 0.500. The number of thioether (sulfide) groups is 1. The molecule has 0 spiro atoms. The van der Waals surface area contributed by atoms with Gasteiger partial charge < -0.3 is 16.1 Å². The summed E-state index contributed by atoms with van der Waals surface area (Å²) in [5.41, 5.74) is 2.33. The molecule has 4 N–H and O–H groups in total. The van der Waals surface area contributed by atoms with E-state index in [0.29, 0.717) is 11.7 Å². The molecule has 0 saturated heterocycles. The standard InChI is InChI=1S/C22H30N6OS/c23-28-20(11-10-16-6-2-1-3-7-16)26-27-22(28)30-15-21(29)24-13-12-17-14-25-19-9-5-4-8-18(17)19/h4-5,8-9,14,16,25H,1-3,6-7,10-13,15,23H2,(H,24,29). The molecule has 8 heteroatoms. The van der Waals surface area contributed by atoms with Crippen LogP contribution in [0, 0.1) is 5.92 Å². The number of carbonyl (C=O) groups is 1. The molecule has 2 aromatic heterocycles. The minimum atomic E-state index is -0.0217. The minimum absolute atomic E-state index is 0.0217. The van der Waals surface area contributed by atoms with Gasteiger partial charge >= 0.3 is 0 Å². The Kier molecular flexibility index (Phi) is 6.94. The lowest BCUT2D eigenvalue weighted by molar-refractivity contribution is -0.118. The molecule has 30 heavy (non-hydrogen) atoms. The van der Waals surface area contributed by atoms with Crippen LogP contribution in [0.5, 0.6) is 0 Å². The molecule has 2 heterocycles. The lowest BCUT2D eigenvalue weighted by Crippen LogP contribution is -2.27. The number of nitrogens with one attached hydrogen (secondary N) is 2. The average molecular weight is 427 g/mol. The summed E-state index contributed by atoms with van der Waals surface area (Å²) in [6, 6.07) is 8.19. The van der Waals surface area contributed by atoms with Gasteiger partial charge in [0.15, 0.2) is 5.82 Å². The molecule has 1 saturated carbocycles. The number of nitrogens with two attached hydrogens (primary N) is 1. The third kappa shape index (κ3) is 5.16. The predicted octanol–water partition coefficient (Wildman–Crippen LogP) is 3.44. The number of nitrogens with zero attached hydrogens (tertiary/aromatic N) is 3. The van der Waals surface area contributed by atoms with Gasteiger partial charge in [0.2, 0.25) is 11.1 Å². The molecule has 0 atom stereocenters. The van der Waals surface area contributed by atoms with Crippen molar-refractivity contribution < 1.29 is 4.79 Å². The van der Waals surface area contributed by atoms with E-state index in [2.05, 4.69) is 32.6 Å². The molecule has 0 unspecified atom stereocenters. The number of H-pyrrole nitrogens is 1. The van der Waals surface area contributed by atoms with Gasteiger partial charge in [-0.3, -0.25) is 4.79 Å². The molecule has 0 radical (unpaired) electrons. The summed E-state index contributed by atoms with van der Waals surface area (Å²) in [7, 11) is 0. The number of para-hydroxylation sites is 1. The zero-order chi connectivity index (χ0) is 20.8. The van der Waals surface area contributed by atoms with Gasteiger partial charge in [0.25, 0.3) is 0 Å². The van der Waals surface area contributed by atoms with Crippen LogP contribution in [0.4, 0.5) is 0 Å². The fourth-order valence-electron chi connectivity index (χ4n) is 4.24. The zero-order valence-electron chi connectivity index (χ0n) is 17.3. The van der Waals surface area contributed by atoms with Crippen LogP contribution in [-0.4, -0.2) is 38.1 Å². The first kappa shape index (κ1) is 20.8. The molecular formula is C22H30N6OS. The van der Waals surface area contributed by atoms with Crippen molar-refractivity contribution in [2.24, 2.45) is 5.92 Å². The molecule has 160 valence electrons. The van der Waals surface area contributed by atoms with Gasteiger partial charge in [-0.1, -0.05) is 62.1 Å². The number of aromatic amines is 1. The highest BCUT2D eigenvalue weighted by Gasteiger charge is 2.17. The maximum atomic E-state index is 12.2. The van der Waals surface area contributed by atoms with Crippen LogP contribution in [0.2, 0.25) is 0 Å². The lowest BCUT2D eigenvalue weighted by Gasteiger charge is -2.20. The van der Waals surface area contributed by atoms with Crippen LogP contribution in [0.25, 0.3) is 10.9 Å². The third-order valence-corrected chi connectivity index (χ3v) is 6.90. The first-order valence-electron chi connectivity index (χ1n) is 10.8. The summed E-state index contributed by atoms with van der Waals surface area (Å²) in [5, 5.41) is 13.2. The molecule has 1 aliphatic rings. The maximum absolute atomic E-state index is 12.2. The Balaban J connectivity index is 1.19. The smallest absolute Gasteiger partial charge is 0.230 e. The van der Waals surface area contributed by atoms with E-state index in [0.717, 1.165) is 36.5 Å². The van der Waals surface area contributed by atoms with E-state index in [4.69, 9.17) is 5.84 Å². The summed E-state index contributed by atoms with van der Waals surface area (Å²) in [5.74, 6) is 8.01. The third-order valence-electron chi connectivity index (χ3n) is 5.96. The van der Waals surface area contributed by atoms with E-state index in [1.54, 1.807) is 4.68 Å². The SMILES string of the molecule is Nn1c(CCC2CCCCC2)nnc1SCC(=O)NCCc1c[nH]c2ccccc12. The number of nitrogen functional groups attached to an aromatic ring is 1. The predicted molar refractivity (Wildman–Crippen MR) is 121 cm³/mol. The topological polar surface area (TPSA) is 102 Å². The Hall–Kier alpha value is -2.48. The summed E-state index contributed by atoms with van der Waals surface area (Å²) in [6.45, 7) is 0.600. The number of benzene rings is 1. The molecule has 1 fully saturated rings. The van der Waals surface area contributed by atoms with Gasteiger partial charge in [-0.15, -0.1) is 10.2 Å². The van der Waals surface area contributed by atoms with Crippen LogP contribution in [0.3, 0.4) is 0 Å². The highest BCUT2D eigenvalue weighted by atomic mass is 32.2. The van der Waals surface area contributed by atoms with Gasteiger partial charge in [-0.2, -0.15) is 0 Å². The second kappa shape index (κ2) is 10.0. The van der Waals surface area contributed by atoms with Crippen LogP contribution in [-0.2, 0) is 17.6 Å². The van der Waals surface area contributed by atoms with Crippen molar-refractivity contribution in [2.45, 2.75) is 56.5 Å². The van der Waals surface area contributed by atoms with E-state index in [1.807, 2.05) is 18.3 Å². The Labute approximate surface area is 181 Å². The number of hydrogen-bond acceptors (Lipinski definition) is 5. The quantitative estimate of drug-likeness (QED) is 0.359. The summed E-state index contributed by atoms with van der Waals surface area (Å²) < 4.78 is 1.55. The Morgan fingerprint density at radius 2 is 2.03 bits per heavy atom. The largest absolute Gasteiger partial charge is 0.361 e. The second-order valence-electron chi connectivity index (χ2n) is 8.06. The van der Waals surface area contributed by atoms with Crippen molar-refractivity contribution in [3.8, 4) is 0 Å². The van der Waals surface area contributed by atoms with Crippen LogP contribution in [0.15, 0.2) is 35.6 Å². The van der Waals surface area contributed by atoms with Crippen LogP contribution >= 0.6 is 11.8 Å². The fourth-order valence-corrected chi connectivity index (χ4v) is 4.95. The van der Waals surface area contributed by atoms with Crippen LogP contribution in [0.1, 0.15) is 49.9 Å². The summed E-state index contributed by atoms with van der Waals surface area (Å²) >= 11 is 1.33. The lowest BCUT2D eigenvalue weighted by atomic mass is 9.86. The highest BCUT2D eigenvalue weighted by Crippen LogP contribution is 2.27. The molecule has 0 bridgehead atoms. The van der Waals surface area contributed by atoms with Gasteiger partial charge in [-0.25, -0.2) is 4.68 Å². The van der Waals surface area contributed by atoms with Crippen molar-refractivity contribution >= 4 is 28.6 Å². The van der Waals surface area contributed by atoms with Crippen molar-refractivity contribution in [1.82, 2.24) is 25.2 Å². The first-order valence-corrected chi connectivity index (χ1v) is 11.8. The Morgan fingerprint density at radius 3 is 2.90 bits per heavy atom. The molecule has 4 rings (SSSR count). The molecule has 1 aromatic carbocycles. The van der Waals surface area contributed by atoms with Crippen molar-refractivity contribution in [1.29, 1.82) is 0 Å². The van der Waals surface area contributed by atoms with Crippen molar-refractivity contribution in [2.75, 3.05) is 18.1 Å². The maximum Gasteiger partial charge on any atom is 0.230 e. The van der Waals surface area contributed by atoms with Gasteiger partial charge in [0.05, 0.1) is 5.75 Å². The molecule has 3 aromatic rings. The summed E-state index contributed by atoms with van der Waals surface area (Å²) in [4.78, 5) is 15.5. The Bertz CT molecular complexity index is 975. The molecule has 1 aliphatic carbocycles. The van der Waals surface area contributed by atoms with E-state index in [-0.39, 0.29) is 11.7 Å². The minimum Gasteiger partial charge on any atom is -0.361 e. The second-order valence-corrected chi connectivity index (χ2v) is 9.00. The number of hydrogen-bond donors (Lipinski definition) is 3. The van der Waals surface area contributed by atoms with E-state index in [9.17, 15) is 4.79 Å². The number of fused-ring (bicyclic) bond motifs is 1.